The average Bonchev–Trinajstić information content (AvgIpc) is 2.51. The number of aromatic amines is 1. The van der Waals surface area contributed by atoms with Crippen molar-refractivity contribution in [1.82, 2.24) is 4.98 Å². The van der Waals surface area contributed by atoms with E-state index in [1.807, 2.05) is 0 Å². The Balaban J connectivity index is 2.74. The van der Waals surface area contributed by atoms with Gasteiger partial charge in [0, 0.05) is 11.5 Å². The first kappa shape index (κ1) is 8.55. The summed E-state index contributed by atoms with van der Waals surface area (Å²) in [6.07, 6.45) is 0. The smallest absolute Gasteiger partial charge is 0.219 e. The predicted molar refractivity (Wildman–Crippen MR) is 52.0 cm³/mol. The first-order chi connectivity index (χ1) is 6.76. The molecule has 2 N–H and O–H groups in total. The van der Waals surface area contributed by atoms with Gasteiger partial charge in [0.25, 0.3) is 0 Å². The maximum absolute atomic E-state index is 10.4. The molecule has 0 aliphatic heterocycles. The lowest BCUT2D eigenvalue weighted by atomic mass is 10.2. The molecule has 0 spiro atoms. The van der Waals surface area contributed by atoms with Gasteiger partial charge in [-0.3, -0.25) is 0 Å². The van der Waals surface area contributed by atoms with Crippen LogP contribution < -0.4 is 4.74 Å². The number of benzene rings is 1. The van der Waals surface area contributed by atoms with Crippen molar-refractivity contribution >= 4 is 16.6 Å². The Bertz CT molecular complexity index is 490. The van der Waals surface area contributed by atoms with Gasteiger partial charge < -0.3 is 14.8 Å². The van der Waals surface area contributed by atoms with E-state index in [1.165, 1.54) is 0 Å². The van der Waals surface area contributed by atoms with E-state index in [-0.39, 0.29) is 11.6 Å². The molecular formula is C9H8N2O3. The van der Waals surface area contributed by atoms with Gasteiger partial charge >= 0.3 is 0 Å². The van der Waals surface area contributed by atoms with Crippen molar-refractivity contribution in [3.05, 3.63) is 23.1 Å². The van der Waals surface area contributed by atoms with Crippen LogP contribution in [0.2, 0.25) is 0 Å². The lowest BCUT2D eigenvalue weighted by Gasteiger charge is -1.97. The molecule has 0 unspecified atom stereocenters. The zero-order chi connectivity index (χ0) is 10.1. The standard InChI is InChI=1S/C9H8N2O3/c1-14-5-2-3-6-7(4-5)10-9(12)8(6)11-13/h2-4,10,12H,1H3. The number of hydrogen-bond donors (Lipinski definition) is 2. The fraction of sp³-hybridized carbons (Fsp3) is 0.111. The van der Waals surface area contributed by atoms with Crippen LogP contribution in [0.5, 0.6) is 11.6 Å². The Labute approximate surface area is 79.3 Å². The van der Waals surface area contributed by atoms with E-state index in [0.29, 0.717) is 16.7 Å². The summed E-state index contributed by atoms with van der Waals surface area (Å²) in [5.74, 6) is 0.430. The van der Waals surface area contributed by atoms with Crippen LogP contribution in [-0.2, 0) is 0 Å². The summed E-state index contributed by atoms with van der Waals surface area (Å²) < 4.78 is 4.99. The number of nitroso groups, excluding NO2 is 1. The molecule has 5 heteroatoms. The minimum absolute atomic E-state index is 0.0302. The third kappa shape index (κ3) is 1.10. The Morgan fingerprint density at radius 3 is 2.93 bits per heavy atom. The second-order valence-corrected chi connectivity index (χ2v) is 2.83. The molecule has 0 amide bonds. The highest BCUT2D eigenvalue weighted by Crippen LogP contribution is 2.36. The highest BCUT2D eigenvalue weighted by Gasteiger charge is 2.11. The molecule has 0 saturated heterocycles. The molecule has 5 nitrogen and oxygen atoms in total. The van der Waals surface area contributed by atoms with Gasteiger partial charge in [-0.1, -0.05) is 0 Å². The Morgan fingerprint density at radius 1 is 1.50 bits per heavy atom. The van der Waals surface area contributed by atoms with Gasteiger partial charge in [0.15, 0.2) is 5.69 Å². The molecule has 0 aliphatic rings. The van der Waals surface area contributed by atoms with Crippen LogP contribution in [0, 0.1) is 4.91 Å². The quantitative estimate of drug-likeness (QED) is 0.716. The van der Waals surface area contributed by atoms with Crippen molar-refractivity contribution < 1.29 is 9.84 Å². The van der Waals surface area contributed by atoms with Crippen molar-refractivity contribution in [2.75, 3.05) is 7.11 Å². The topological polar surface area (TPSA) is 74.7 Å². The summed E-state index contributed by atoms with van der Waals surface area (Å²) in [6.45, 7) is 0. The minimum Gasteiger partial charge on any atom is -0.497 e. The van der Waals surface area contributed by atoms with Crippen LogP contribution in [-0.4, -0.2) is 17.2 Å². The molecule has 0 radical (unpaired) electrons. The van der Waals surface area contributed by atoms with E-state index in [0.717, 1.165) is 0 Å². The van der Waals surface area contributed by atoms with Crippen molar-refractivity contribution in [3.63, 3.8) is 0 Å². The number of aromatic hydroxyl groups is 1. The molecule has 0 saturated carbocycles. The summed E-state index contributed by atoms with van der Waals surface area (Å²) >= 11 is 0. The molecular weight excluding hydrogens is 184 g/mol. The van der Waals surface area contributed by atoms with Crippen LogP contribution in [0.15, 0.2) is 23.4 Å². The van der Waals surface area contributed by atoms with Gasteiger partial charge in [-0.05, 0) is 17.3 Å². The van der Waals surface area contributed by atoms with E-state index >= 15 is 0 Å². The van der Waals surface area contributed by atoms with E-state index in [1.54, 1.807) is 25.3 Å². The molecule has 2 aromatic rings. The molecule has 0 atom stereocenters. The number of H-pyrrole nitrogens is 1. The van der Waals surface area contributed by atoms with Gasteiger partial charge in [0.2, 0.25) is 5.88 Å². The Hall–Kier alpha value is -2.04. The normalized spacial score (nSPS) is 10.4. The molecule has 1 aromatic carbocycles. The van der Waals surface area contributed by atoms with Gasteiger partial charge in [-0.2, -0.15) is 0 Å². The maximum Gasteiger partial charge on any atom is 0.219 e. The maximum atomic E-state index is 10.4. The Kier molecular flexibility index (Phi) is 1.85. The monoisotopic (exact) mass is 192 g/mol. The summed E-state index contributed by atoms with van der Waals surface area (Å²) in [5.41, 5.74) is 0.652. The van der Waals surface area contributed by atoms with E-state index in [4.69, 9.17) is 4.74 Å². The zero-order valence-electron chi connectivity index (χ0n) is 7.44. The molecule has 1 aromatic heterocycles. The number of nitrogens with zero attached hydrogens (tertiary/aromatic N) is 1. The second kappa shape index (κ2) is 3.02. The van der Waals surface area contributed by atoms with Gasteiger partial charge in [0.1, 0.15) is 5.75 Å². The van der Waals surface area contributed by atoms with Gasteiger partial charge in [-0.15, -0.1) is 4.91 Å². The fourth-order valence-corrected chi connectivity index (χ4v) is 1.37. The van der Waals surface area contributed by atoms with Crippen molar-refractivity contribution in [2.45, 2.75) is 0 Å². The van der Waals surface area contributed by atoms with Crippen molar-refractivity contribution in [1.29, 1.82) is 0 Å². The molecule has 0 fully saturated rings. The number of fused-ring (bicyclic) bond motifs is 1. The summed E-state index contributed by atoms with van der Waals surface area (Å²) in [7, 11) is 1.54. The molecule has 0 bridgehead atoms. The molecule has 0 aliphatic carbocycles. The van der Waals surface area contributed by atoms with Crippen LogP contribution in [0.3, 0.4) is 0 Å². The van der Waals surface area contributed by atoms with Crippen LogP contribution in [0.25, 0.3) is 10.9 Å². The largest absolute Gasteiger partial charge is 0.497 e. The minimum atomic E-state index is -0.219. The van der Waals surface area contributed by atoms with Crippen LogP contribution >= 0.6 is 0 Å². The average molecular weight is 192 g/mol. The highest BCUT2D eigenvalue weighted by molar-refractivity contribution is 5.94. The lowest BCUT2D eigenvalue weighted by molar-refractivity contribution is 0.415. The van der Waals surface area contributed by atoms with E-state index in [9.17, 15) is 10.0 Å². The number of nitrogens with one attached hydrogen (secondary N) is 1. The third-order valence-corrected chi connectivity index (χ3v) is 2.05. The number of methoxy groups -OCH3 is 1. The van der Waals surface area contributed by atoms with Gasteiger partial charge in [-0.25, -0.2) is 0 Å². The summed E-state index contributed by atoms with van der Waals surface area (Å²) in [4.78, 5) is 13.0. The third-order valence-electron chi connectivity index (χ3n) is 2.05. The Morgan fingerprint density at radius 2 is 2.29 bits per heavy atom. The zero-order valence-corrected chi connectivity index (χ0v) is 7.44. The van der Waals surface area contributed by atoms with Gasteiger partial charge in [0.05, 0.1) is 12.6 Å². The first-order valence-electron chi connectivity index (χ1n) is 3.98. The fourth-order valence-electron chi connectivity index (χ4n) is 1.37. The van der Waals surface area contributed by atoms with Crippen LogP contribution in [0.1, 0.15) is 0 Å². The molecule has 14 heavy (non-hydrogen) atoms. The molecule has 72 valence electrons. The number of hydrogen-bond acceptors (Lipinski definition) is 4. The summed E-state index contributed by atoms with van der Waals surface area (Å²) in [5, 5.41) is 12.6. The first-order valence-corrected chi connectivity index (χ1v) is 3.98. The summed E-state index contributed by atoms with van der Waals surface area (Å²) in [6, 6.07) is 5.05. The van der Waals surface area contributed by atoms with E-state index in [2.05, 4.69) is 10.2 Å². The second-order valence-electron chi connectivity index (χ2n) is 2.83. The number of aromatic nitrogens is 1. The van der Waals surface area contributed by atoms with Crippen LogP contribution in [0.4, 0.5) is 5.69 Å². The lowest BCUT2D eigenvalue weighted by Crippen LogP contribution is -1.80. The predicted octanol–water partition coefficient (Wildman–Crippen LogP) is 2.28. The van der Waals surface area contributed by atoms with Crippen molar-refractivity contribution in [2.24, 2.45) is 5.18 Å². The van der Waals surface area contributed by atoms with E-state index < -0.39 is 0 Å². The molecule has 1 heterocycles. The number of rotatable bonds is 2. The van der Waals surface area contributed by atoms with Crippen molar-refractivity contribution in [3.8, 4) is 11.6 Å². The number of ether oxygens (including phenoxy) is 1. The highest BCUT2D eigenvalue weighted by atomic mass is 16.5. The SMILES string of the molecule is COc1ccc2c(N=O)c(O)[nH]c2c1. The molecule has 2 rings (SSSR count).